The molecule has 0 aromatic carbocycles. The summed E-state index contributed by atoms with van der Waals surface area (Å²) in [7, 11) is 0. The predicted molar refractivity (Wildman–Crippen MR) is 40.8 cm³/mol. The van der Waals surface area contributed by atoms with E-state index in [0.29, 0.717) is 5.57 Å². The van der Waals surface area contributed by atoms with Crippen molar-refractivity contribution in [3.05, 3.63) is 11.6 Å². The van der Waals surface area contributed by atoms with Crippen LogP contribution < -0.4 is 0 Å². The molecule has 0 aliphatic rings. The van der Waals surface area contributed by atoms with Crippen molar-refractivity contribution in [1.82, 2.24) is 0 Å². The van der Waals surface area contributed by atoms with Gasteiger partial charge in [0.15, 0.2) is 0 Å². The van der Waals surface area contributed by atoms with Gasteiger partial charge in [-0.25, -0.2) is 4.79 Å². The second-order valence-corrected chi connectivity index (χ2v) is 3.26. The molecule has 0 aliphatic carbocycles. The summed E-state index contributed by atoms with van der Waals surface area (Å²) in [5.74, 6) is -0.824. The van der Waals surface area contributed by atoms with Crippen LogP contribution in [-0.4, -0.2) is 11.1 Å². The van der Waals surface area contributed by atoms with Crippen LogP contribution in [0.25, 0.3) is 0 Å². The molecule has 0 aromatic heterocycles. The van der Waals surface area contributed by atoms with Crippen molar-refractivity contribution >= 4 is 5.97 Å². The van der Waals surface area contributed by atoms with Crippen LogP contribution in [0.15, 0.2) is 11.6 Å². The Hall–Kier alpha value is -0.790. The second kappa shape index (κ2) is 2.86. The van der Waals surface area contributed by atoms with Gasteiger partial charge in [0.2, 0.25) is 0 Å². The molecule has 0 radical (unpaired) electrons. The maximum atomic E-state index is 10.5. The number of carboxylic acids is 1. The molecule has 0 heterocycles. The van der Waals surface area contributed by atoms with Crippen molar-refractivity contribution in [3.63, 3.8) is 0 Å². The third kappa shape index (κ3) is 2.21. The average Bonchev–Trinajstić information content (AvgIpc) is 1.60. The van der Waals surface area contributed by atoms with E-state index in [1.807, 2.05) is 20.8 Å². The van der Waals surface area contributed by atoms with Gasteiger partial charge in [-0.05, 0) is 12.3 Å². The van der Waals surface area contributed by atoms with Crippen LogP contribution >= 0.6 is 0 Å². The van der Waals surface area contributed by atoms with Crippen molar-refractivity contribution in [2.75, 3.05) is 0 Å². The minimum absolute atomic E-state index is 0.249. The van der Waals surface area contributed by atoms with Gasteiger partial charge < -0.3 is 5.11 Å². The van der Waals surface area contributed by atoms with Gasteiger partial charge in [-0.15, -0.1) is 0 Å². The van der Waals surface area contributed by atoms with E-state index < -0.39 is 5.97 Å². The molecule has 0 aromatic rings. The van der Waals surface area contributed by atoms with Crippen molar-refractivity contribution in [3.8, 4) is 0 Å². The summed E-state index contributed by atoms with van der Waals surface area (Å²) >= 11 is 0. The van der Waals surface area contributed by atoms with Gasteiger partial charge in [-0.3, -0.25) is 0 Å². The molecular weight excluding hydrogens is 128 g/mol. The summed E-state index contributed by atoms with van der Waals surface area (Å²) in [6.45, 7) is 7.40. The standard InChI is InChI=1S/C8H14O2/c1-5-6(7(9)10)8(2,3)4/h5H,1-4H3,(H,9,10). The summed E-state index contributed by atoms with van der Waals surface area (Å²) in [4.78, 5) is 10.5. The molecule has 0 saturated carbocycles. The quantitative estimate of drug-likeness (QED) is 0.569. The van der Waals surface area contributed by atoms with Crippen LogP contribution in [0.2, 0.25) is 0 Å². The predicted octanol–water partition coefficient (Wildman–Crippen LogP) is 2.06. The van der Waals surface area contributed by atoms with Crippen LogP contribution in [0.5, 0.6) is 0 Å². The molecule has 0 rings (SSSR count). The van der Waals surface area contributed by atoms with Gasteiger partial charge >= 0.3 is 5.97 Å². The first kappa shape index (κ1) is 9.21. The Kier molecular flexibility index (Phi) is 2.64. The van der Waals surface area contributed by atoms with Crippen LogP contribution in [0, 0.1) is 5.41 Å². The lowest BCUT2D eigenvalue weighted by Crippen LogP contribution is -2.16. The van der Waals surface area contributed by atoms with Crippen molar-refractivity contribution < 1.29 is 9.90 Å². The molecule has 0 saturated heterocycles. The third-order valence-corrected chi connectivity index (χ3v) is 1.33. The fourth-order valence-corrected chi connectivity index (χ4v) is 0.877. The molecule has 0 bridgehead atoms. The first-order chi connectivity index (χ1) is 4.39. The minimum atomic E-state index is -0.824. The highest BCUT2D eigenvalue weighted by atomic mass is 16.4. The molecule has 0 amide bonds. The normalized spacial score (nSPS) is 13.4. The van der Waals surface area contributed by atoms with Crippen molar-refractivity contribution in [2.24, 2.45) is 5.41 Å². The smallest absolute Gasteiger partial charge is 0.331 e. The van der Waals surface area contributed by atoms with E-state index in [0.717, 1.165) is 0 Å². The largest absolute Gasteiger partial charge is 0.478 e. The van der Waals surface area contributed by atoms with Gasteiger partial charge in [0.05, 0.1) is 0 Å². The molecule has 0 unspecified atom stereocenters. The van der Waals surface area contributed by atoms with Gasteiger partial charge in [0, 0.05) is 5.57 Å². The first-order valence-electron chi connectivity index (χ1n) is 3.29. The third-order valence-electron chi connectivity index (χ3n) is 1.33. The number of hydrogen-bond donors (Lipinski definition) is 1. The number of aliphatic carboxylic acids is 1. The lowest BCUT2D eigenvalue weighted by molar-refractivity contribution is -0.133. The molecule has 0 spiro atoms. The number of carbonyl (C=O) groups is 1. The molecule has 2 heteroatoms. The maximum absolute atomic E-state index is 10.5. The van der Waals surface area contributed by atoms with Crippen LogP contribution in [0.1, 0.15) is 27.7 Å². The van der Waals surface area contributed by atoms with E-state index in [2.05, 4.69) is 0 Å². The Morgan fingerprint density at radius 3 is 1.80 bits per heavy atom. The van der Waals surface area contributed by atoms with E-state index in [1.54, 1.807) is 13.0 Å². The Bertz CT molecular complexity index is 161. The van der Waals surface area contributed by atoms with E-state index in [4.69, 9.17) is 5.11 Å². The molecule has 0 fully saturated rings. The number of carboxylic acid groups (broad SMARTS) is 1. The summed E-state index contributed by atoms with van der Waals surface area (Å²) in [5.41, 5.74) is 0.216. The fourth-order valence-electron chi connectivity index (χ4n) is 0.877. The Labute approximate surface area is 61.6 Å². The molecular formula is C8H14O2. The lowest BCUT2D eigenvalue weighted by atomic mass is 9.86. The molecule has 1 N–H and O–H groups in total. The SMILES string of the molecule is CC=C(C(=O)O)C(C)(C)C. The van der Waals surface area contributed by atoms with E-state index in [-0.39, 0.29) is 5.41 Å². The monoisotopic (exact) mass is 142 g/mol. The van der Waals surface area contributed by atoms with E-state index >= 15 is 0 Å². The Morgan fingerprint density at radius 2 is 1.80 bits per heavy atom. The molecule has 0 aliphatic heterocycles. The van der Waals surface area contributed by atoms with Gasteiger partial charge in [-0.1, -0.05) is 26.8 Å². The highest BCUT2D eigenvalue weighted by Crippen LogP contribution is 2.24. The summed E-state index contributed by atoms with van der Waals surface area (Å²) in [6, 6.07) is 0. The van der Waals surface area contributed by atoms with Gasteiger partial charge in [0.1, 0.15) is 0 Å². The van der Waals surface area contributed by atoms with E-state index in [9.17, 15) is 4.79 Å². The number of rotatable bonds is 1. The Balaban J connectivity index is 4.56. The van der Waals surface area contributed by atoms with Crippen LogP contribution in [0.3, 0.4) is 0 Å². The fraction of sp³-hybridized carbons (Fsp3) is 0.625. The number of hydrogen-bond acceptors (Lipinski definition) is 1. The topological polar surface area (TPSA) is 37.3 Å². The minimum Gasteiger partial charge on any atom is -0.478 e. The zero-order valence-corrected chi connectivity index (χ0v) is 6.93. The summed E-state index contributed by atoms with van der Waals surface area (Å²) < 4.78 is 0. The average molecular weight is 142 g/mol. The van der Waals surface area contributed by atoms with Gasteiger partial charge in [0.25, 0.3) is 0 Å². The molecule has 2 nitrogen and oxygen atoms in total. The summed E-state index contributed by atoms with van der Waals surface area (Å²) in [5, 5.41) is 8.64. The number of allylic oxidation sites excluding steroid dienone is 1. The van der Waals surface area contributed by atoms with Gasteiger partial charge in [-0.2, -0.15) is 0 Å². The van der Waals surface area contributed by atoms with Crippen LogP contribution in [0.4, 0.5) is 0 Å². The van der Waals surface area contributed by atoms with Crippen LogP contribution in [-0.2, 0) is 4.79 Å². The molecule has 0 atom stereocenters. The highest BCUT2D eigenvalue weighted by molar-refractivity contribution is 5.87. The first-order valence-corrected chi connectivity index (χ1v) is 3.29. The highest BCUT2D eigenvalue weighted by Gasteiger charge is 2.21. The van der Waals surface area contributed by atoms with Crippen molar-refractivity contribution in [1.29, 1.82) is 0 Å². The molecule has 58 valence electrons. The Morgan fingerprint density at radius 1 is 1.40 bits per heavy atom. The van der Waals surface area contributed by atoms with Crippen molar-refractivity contribution in [2.45, 2.75) is 27.7 Å². The maximum Gasteiger partial charge on any atom is 0.331 e. The summed E-state index contributed by atoms with van der Waals surface area (Å²) in [6.07, 6.45) is 1.64. The zero-order chi connectivity index (χ0) is 8.36. The zero-order valence-electron chi connectivity index (χ0n) is 6.93. The van der Waals surface area contributed by atoms with E-state index in [1.165, 1.54) is 0 Å². The second-order valence-electron chi connectivity index (χ2n) is 3.26. The molecule has 10 heavy (non-hydrogen) atoms. The lowest BCUT2D eigenvalue weighted by Gasteiger charge is -2.18.